The maximum Gasteiger partial charge on any atom is 0.409 e. The first-order valence-corrected chi connectivity index (χ1v) is 13.7. The molecule has 0 unspecified atom stereocenters. The van der Waals surface area contributed by atoms with Crippen molar-refractivity contribution < 1.29 is 13.9 Å². The lowest BCUT2D eigenvalue weighted by atomic mass is 9.98. The van der Waals surface area contributed by atoms with Crippen LogP contribution in [0.15, 0.2) is 66.9 Å². The standard InChI is InChI=1S/C29H30FN5O2S/c1-3-37-29(36)35-16-13-21(14-17-35)27-34-25(22-10-7-11-23(30)18-22)26(38-27)24-12-15-31-28(33-24)32-19(2)20-8-5-4-6-9-20/h4-12,15,18-19,21H,3,13-14,16-17H2,1-2H3,(H,31,32,33)/t19-/m0/s1. The minimum Gasteiger partial charge on any atom is -0.450 e. The minimum atomic E-state index is -0.313. The lowest BCUT2D eigenvalue weighted by Gasteiger charge is -2.30. The summed E-state index contributed by atoms with van der Waals surface area (Å²) < 4.78 is 19.3. The van der Waals surface area contributed by atoms with E-state index in [0.29, 0.717) is 36.9 Å². The molecule has 1 N–H and O–H groups in total. The summed E-state index contributed by atoms with van der Waals surface area (Å²) in [6.07, 6.45) is 3.05. The molecule has 3 heterocycles. The Balaban J connectivity index is 1.44. The van der Waals surface area contributed by atoms with E-state index in [0.717, 1.165) is 34.0 Å². The maximum atomic E-state index is 14.2. The molecule has 7 nitrogen and oxygen atoms in total. The van der Waals surface area contributed by atoms with Gasteiger partial charge in [0.05, 0.1) is 33.9 Å². The minimum absolute atomic E-state index is 0.0238. The first-order valence-electron chi connectivity index (χ1n) is 12.8. The predicted molar refractivity (Wildman–Crippen MR) is 148 cm³/mol. The second kappa shape index (κ2) is 11.7. The van der Waals surface area contributed by atoms with Crippen LogP contribution in [0.1, 0.15) is 49.2 Å². The number of piperidine rings is 1. The van der Waals surface area contributed by atoms with Crippen molar-refractivity contribution in [3.63, 3.8) is 0 Å². The number of carbonyl (C=O) groups is 1. The van der Waals surface area contributed by atoms with E-state index in [1.54, 1.807) is 28.5 Å². The van der Waals surface area contributed by atoms with E-state index in [4.69, 9.17) is 14.7 Å². The zero-order chi connectivity index (χ0) is 26.5. The molecule has 1 atom stereocenters. The van der Waals surface area contributed by atoms with Crippen LogP contribution >= 0.6 is 11.3 Å². The Kier molecular flexibility index (Phi) is 7.93. The van der Waals surface area contributed by atoms with Crippen molar-refractivity contribution in [2.75, 3.05) is 25.0 Å². The Hall–Kier alpha value is -3.85. The molecule has 1 fully saturated rings. The highest BCUT2D eigenvalue weighted by molar-refractivity contribution is 7.15. The van der Waals surface area contributed by atoms with Crippen molar-refractivity contribution in [1.82, 2.24) is 19.9 Å². The average Bonchev–Trinajstić information content (AvgIpc) is 3.40. The summed E-state index contributed by atoms with van der Waals surface area (Å²) in [5.41, 5.74) is 3.28. The lowest BCUT2D eigenvalue weighted by Crippen LogP contribution is -2.38. The molecule has 38 heavy (non-hydrogen) atoms. The van der Waals surface area contributed by atoms with Crippen LogP contribution in [0.2, 0.25) is 0 Å². The van der Waals surface area contributed by atoms with Crippen LogP contribution in [0, 0.1) is 5.82 Å². The van der Waals surface area contributed by atoms with Gasteiger partial charge >= 0.3 is 6.09 Å². The number of anilines is 1. The van der Waals surface area contributed by atoms with Gasteiger partial charge in [-0.25, -0.2) is 24.1 Å². The van der Waals surface area contributed by atoms with Gasteiger partial charge in [0.1, 0.15) is 5.82 Å². The number of nitrogens with one attached hydrogen (secondary N) is 1. The van der Waals surface area contributed by atoms with Crippen LogP contribution in [0.4, 0.5) is 15.1 Å². The van der Waals surface area contributed by atoms with Gasteiger partial charge in [-0.2, -0.15) is 0 Å². The molecule has 0 bridgehead atoms. The summed E-state index contributed by atoms with van der Waals surface area (Å²) >= 11 is 1.58. The van der Waals surface area contributed by atoms with Crippen LogP contribution < -0.4 is 5.32 Å². The molecule has 1 aliphatic rings. The fourth-order valence-electron chi connectivity index (χ4n) is 4.61. The normalized spacial score (nSPS) is 14.8. The zero-order valence-corrected chi connectivity index (χ0v) is 22.2. The number of thiazole rings is 1. The Bertz CT molecular complexity index is 1390. The third-order valence-electron chi connectivity index (χ3n) is 6.65. The summed E-state index contributed by atoms with van der Waals surface area (Å²) in [6.45, 7) is 5.48. The SMILES string of the molecule is CCOC(=O)N1CCC(c2nc(-c3cccc(F)c3)c(-c3ccnc(N[C@@H](C)c4ccccc4)n3)s2)CC1. The molecular formula is C29H30FN5O2S. The highest BCUT2D eigenvalue weighted by Gasteiger charge is 2.28. The molecule has 1 saturated heterocycles. The summed E-state index contributed by atoms with van der Waals surface area (Å²) in [5.74, 6) is 0.401. The number of ether oxygens (including phenoxy) is 1. The molecular weight excluding hydrogens is 501 g/mol. The number of nitrogens with zero attached hydrogens (tertiary/aromatic N) is 4. The molecule has 0 saturated carbocycles. The van der Waals surface area contributed by atoms with Crippen molar-refractivity contribution in [2.45, 2.75) is 38.6 Å². The van der Waals surface area contributed by atoms with E-state index < -0.39 is 0 Å². The molecule has 1 amide bonds. The van der Waals surface area contributed by atoms with Crippen molar-refractivity contribution in [3.05, 3.63) is 83.2 Å². The van der Waals surface area contributed by atoms with Gasteiger partial charge in [-0.1, -0.05) is 42.5 Å². The molecule has 0 aliphatic carbocycles. The molecule has 0 spiro atoms. The molecule has 5 rings (SSSR count). The fraction of sp³-hybridized carbons (Fsp3) is 0.310. The van der Waals surface area contributed by atoms with Crippen LogP contribution in [-0.2, 0) is 4.74 Å². The summed E-state index contributed by atoms with van der Waals surface area (Å²) in [6, 6.07) is 18.5. The van der Waals surface area contributed by atoms with Gasteiger partial charge in [0.25, 0.3) is 0 Å². The van der Waals surface area contributed by atoms with E-state index in [9.17, 15) is 9.18 Å². The quantitative estimate of drug-likeness (QED) is 0.279. The second-order valence-electron chi connectivity index (χ2n) is 9.24. The number of halogens is 1. The number of carbonyl (C=O) groups excluding carboxylic acids is 1. The number of hydrogen-bond acceptors (Lipinski definition) is 7. The Morgan fingerprint density at radius 2 is 1.92 bits per heavy atom. The van der Waals surface area contributed by atoms with Crippen LogP contribution in [0.25, 0.3) is 21.8 Å². The van der Waals surface area contributed by atoms with E-state index in [1.807, 2.05) is 37.3 Å². The molecule has 196 valence electrons. The van der Waals surface area contributed by atoms with Gasteiger partial charge in [0.15, 0.2) is 0 Å². The van der Waals surface area contributed by atoms with Crippen LogP contribution in [0.5, 0.6) is 0 Å². The monoisotopic (exact) mass is 531 g/mol. The van der Waals surface area contributed by atoms with E-state index in [2.05, 4.69) is 29.4 Å². The van der Waals surface area contributed by atoms with Crippen molar-refractivity contribution in [2.24, 2.45) is 0 Å². The van der Waals surface area contributed by atoms with Crippen molar-refractivity contribution >= 4 is 23.4 Å². The second-order valence-corrected chi connectivity index (χ2v) is 10.3. The number of likely N-dealkylation sites (tertiary alicyclic amines) is 1. The van der Waals surface area contributed by atoms with E-state index in [-0.39, 0.29) is 23.9 Å². The van der Waals surface area contributed by atoms with Crippen molar-refractivity contribution in [1.29, 1.82) is 0 Å². The molecule has 9 heteroatoms. The summed E-state index contributed by atoms with van der Waals surface area (Å²) in [5, 5.41) is 4.35. The molecule has 4 aromatic rings. The Morgan fingerprint density at radius 1 is 1.13 bits per heavy atom. The lowest BCUT2D eigenvalue weighted by molar-refractivity contribution is 0.0970. The Morgan fingerprint density at radius 3 is 2.66 bits per heavy atom. The largest absolute Gasteiger partial charge is 0.450 e. The number of benzene rings is 2. The highest BCUT2D eigenvalue weighted by atomic mass is 32.1. The van der Waals surface area contributed by atoms with Gasteiger partial charge < -0.3 is 15.0 Å². The number of hydrogen-bond donors (Lipinski definition) is 1. The predicted octanol–water partition coefficient (Wildman–Crippen LogP) is 6.92. The third-order valence-corrected chi connectivity index (χ3v) is 7.89. The maximum absolute atomic E-state index is 14.2. The van der Waals surface area contributed by atoms with Gasteiger partial charge in [-0.05, 0) is 50.5 Å². The van der Waals surface area contributed by atoms with Crippen molar-refractivity contribution in [3.8, 4) is 21.8 Å². The zero-order valence-electron chi connectivity index (χ0n) is 21.4. The van der Waals surface area contributed by atoms with Gasteiger partial charge in [0.2, 0.25) is 5.95 Å². The number of rotatable bonds is 7. The molecule has 2 aromatic heterocycles. The van der Waals surface area contributed by atoms with Gasteiger partial charge in [-0.15, -0.1) is 11.3 Å². The van der Waals surface area contributed by atoms with Crippen LogP contribution in [-0.4, -0.2) is 45.6 Å². The Labute approximate surface area is 225 Å². The van der Waals surface area contributed by atoms with E-state index in [1.165, 1.54) is 12.1 Å². The smallest absolute Gasteiger partial charge is 0.409 e. The topological polar surface area (TPSA) is 80.2 Å². The third kappa shape index (κ3) is 5.83. The highest BCUT2D eigenvalue weighted by Crippen LogP contribution is 2.41. The number of amides is 1. The molecule has 2 aromatic carbocycles. The fourth-order valence-corrected chi connectivity index (χ4v) is 5.84. The summed E-state index contributed by atoms with van der Waals surface area (Å²) in [4.78, 5) is 29.0. The average molecular weight is 532 g/mol. The molecule has 1 aliphatic heterocycles. The first-order chi connectivity index (χ1) is 18.5. The summed E-state index contributed by atoms with van der Waals surface area (Å²) in [7, 11) is 0. The van der Waals surface area contributed by atoms with Gasteiger partial charge in [0, 0.05) is 30.8 Å². The van der Waals surface area contributed by atoms with E-state index >= 15 is 0 Å². The van der Waals surface area contributed by atoms with Crippen LogP contribution in [0.3, 0.4) is 0 Å². The van der Waals surface area contributed by atoms with Gasteiger partial charge in [-0.3, -0.25) is 0 Å². The number of aromatic nitrogens is 3. The molecule has 0 radical (unpaired) electrons. The first kappa shape index (κ1) is 25.8.